The third kappa shape index (κ3) is 4.19. The number of para-hydroxylation sites is 1. The molecule has 0 bridgehead atoms. The van der Waals surface area contributed by atoms with Crippen molar-refractivity contribution in [1.82, 2.24) is 24.2 Å². The lowest BCUT2D eigenvalue weighted by Gasteiger charge is -2.23. The average Bonchev–Trinajstić information content (AvgIpc) is 3.02. The number of rotatable bonds is 8. The first kappa shape index (κ1) is 19.9. The number of aryl methyl sites for hydroxylation is 1. The van der Waals surface area contributed by atoms with E-state index in [0.29, 0.717) is 11.4 Å². The van der Waals surface area contributed by atoms with Gasteiger partial charge in [-0.2, -0.15) is 17.4 Å². The molecule has 3 aromatic rings. The molecule has 28 heavy (non-hydrogen) atoms. The van der Waals surface area contributed by atoms with Crippen LogP contribution in [0.1, 0.15) is 5.82 Å². The summed E-state index contributed by atoms with van der Waals surface area (Å²) < 4.78 is 36.4. The maximum absolute atomic E-state index is 13.0. The fraction of sp³-hybridized carbons (Fsp3) is 0.278. The van der Waals surface area contributed by atoms with Crippen LogP contribution in [-0.4, -0.2) is 48.2 Å². The lowest BCUT2D eigenvalue weighted by atomic mass is 10.3. The summed E-state index contributed by atoms with van der Waals surface area (Å²) in [5.74, 6) is 0.858. The van der Waals surface area contributed by atoms with E-state index in [-0.39, 0.29) is 19.1 Å². The third-order valence-electron chi connectivity index (χ3n) is 4.13. The maximum Gasteiger partial charge on any atom is 0.308 e. The fourth-order valence-electron chi connectivity index (χ4n) is 2.59. The average molecular weight is 402 g/mol. The van der Waals surface area contributed by atoms with Crippen molar-refractivity contribution >= 4 is 21.8 Å². The molecule has 0 unspecified atom stereocenters. The monoisotopic (exact) mass is 402 g/mol. The molecule has 0 saturated heterocycles. The molecule has 1 N–H and O–H groups in total. The zero-order valence-corrected chi connectivity index (χ0v) is 16.7. The van der Waals surface area contributed by atoms with Crippen LogP contribution in [0.2, 0.25) is 0 Å². The lowest BCUT2D eigenvalue weighted by molar-refractivity contribution is 0.204. The van der Waals surface area contributed by atoms with E-state index < -0.39 is 10.2 Å². The Balaban J connectivity index is 2.06. The number of hydrogen-bond acceptors (Lipinski definition) is 6. The van der Waals surface area contributed by atoms with Crippen LogP contribution in [0.15, 0.2) is 48.8 Å². The van der Waals surface area contributed by atoms with Gasteiger partial charge in [-0.15, -0.1) is 0 Å². The Kier molecular flexibility index (Phi) is 6.02. The van der Waals surface area contributed by atoms with Crippen molar-refractivity contribution in [2.24, 2.45) is 7.05 Å². The maximum atomic E-state index is 13.0. The number of ether oxygens (including phenoxy) is 1. The highest BCUT2D eigenvalue weighted by Crippen LogP contribution is 2.27. The molecule has 2 heterocycles. The normalized spacial score (nSPS) is 11.5. The van der Waals surface area contributed by atoms with E-state index in [0.717, 1.165) is 15.8 Å². The molecule has 0 spiro atoms. The molecule has 3 rings (SSSR count). The number of aromatic nitrogens is 4. The largest absolute Gasteiger partial charge is 0.383 e. The van der Waals surface area contributed by atoms with E-state index in [9.17, 15) is 8.42 Å². The predicted molar refractivity (Wildman–Crippen MR) is 106 cm³/mol. The van der Waals surface area contributed by atoms with Gasteiger partial charge in [0.25, 0.3) is 0 Å². The molecule has 0 amide bonds. The van der Waals surface area contributed by atoms with Crippen LogP contribution in [-0.2, 0) is 22.0 Å². The molecule has 0 aliphatic heterocycles. The van der Waals surface area contributed by atoms with Crippen molar-refractivity contribution in [3.63, 3.8) is 0 Å². The molecule has 0 aliphatic carbocycles. The summed E-state index contributed by atoms with van der Waals surface area (Å²) in [5, 5.41) is 0. The second-order valence-corrected chi connectivity index (χ2v) is 7.59. The highest BCUT2D eigenvalue weighted by atomic mass is 32.2. The zero-order valence-electron chi connectivity index (χ0n) is 15.9. The topological polar surface area (TPSA) is 102 Å². The van der Waals surface area contributed by atoms with E-state index >= 15 is 0 Å². The standard InChI is InChI=1S/C18H22N6O3S/c1-14-20-13-17(23(14)2)16-9-10-19-18(22-16)24(15-7-5-4-6-8-15)28(25,26)21-11-12-27-3/h4-10,13,21H,11-12H2,1-3H3. The van der Waals surface area contributed by atoms with E-state index in [1.807, 2.05) is 24.6 Å². The van der Waals surface area contributed by atoms with Crippen molar-refractivity contribution < 1.29 is 13.2 Å². The molecule has 1 aromatic carbocycles. The second-order valence-electron chi connectivity index (χ2n) is 5.98. The van der Waals surface area contributed by atoms with Gasteiger partial charge >= 0.3 is 10.2 Å². The van der Waals surface area contributed by atoms with E-state index in [1.54, 1.807) is 36.5 Å². The summed E-state index contributed by atoms with van der Waals surface area (Å²) in [6.07, 6.45) is 3.22. The van der Waals surface area contributed by atoms with Gasteiger partial charge in [0.15, 0.2) is 0 Å². The molecule has 148 valence electrons. The number of imidazole rings is 1. The highest BCUT2D eigenvalue weighted by Gasteiger charge is 2.27. The Morgan fingerprint density at radius 2 is 1.93 bits per heavy atom. The second kappa shape index (κ2) is 8.46. The third-order valence-corrected chi connectivity index (χ3v) is 5.55. The molecule has 0 fully saturated rings. The van der Waals surface area contributed by atoms with Crippen LogP contribution in [0, 0.1) is 6.92 Å². The van der Waals surface area contributed by atoms with E-state index in [2.05, 4.69) is 19.7 Å². The van der Waals surface area contributed by atoms with Crippen molar-refractivity contribution in [1.29, 1.82) is 0 Å². The molecule has 0 saturated carbocycles. The van der Waals surface area contributed by atoms with Gasteiger partial charge in [0.2, 0.25) is 5.95 Å². The van der Waals surface area contributed by atoms with Crippen molar-refractivity contribution in [2.45, 2.75) is 6.92 Å². The van der Waals surface area contributed by atoms with Gasteiger partial charge < -0.3 is 9.30 Å². The first-order valence-corrected chi connectivity index (χ1v) is 10.0. The van der Waals surface area contributed by atoms with E-state index in [1.165, 1.54) is 13.3 Å². The SMILES string of the molecule is COCCNS(=O)(=O)N(c1ccccc1)c1nccc(-c2cnc(C)n2C)n1. The first-order valence-electron chi connectivity index (χ1n) is 8.59. The van der Waals surface area contributed by atoms with Crippen LogP contribution in [0.25, 0.3) is 11.4 Å². The molecular formula is C18H22N6O3S. The Labute approximate surface area is 164 Å². The van der Waals surface area contributed by atoms with Gasteiger partial charge in [0.05, 0.1) is 29.9 Å². The van der Waals surface area contributed by atoms with Crippen molar-refractivity contribution in [3.8, 4) is 11.4 Å². The molecule has 0 radical (unpaired) electrons. The number of methoxy groups -OCH3 is 1. The Bertz CT molecular complexity index is 1040. The van der Waals surface area contributed by atoms with Crippen LogP contribution in [0.4, 0.5) is 11.6 Å². The molecule has 0 atom stereocenters. The molecular weight excluding hydrogens is 380 g/mol. The number of nitrogens with one attached hydrogen (secondary N) is 1. The summed E-state index contributed by atoms with van der Waals surface area (Å²) in [5.41, 5.74) is 1.76. The van der Waals surface area contributed by atoms with Crippen molar-refractivity contribution in [3.05, 3.63) is 54.6 Å². The van der Waals surface area contributed by atoms with Crippen molar-refractivity contribution in [2.75, 3.05) is 24.6 Å². The van der Waals surface area contributed by atoms with Crippen LogP contribution >= 0.6 is 0 Å². The lowest BCUT2D eigenvalue weighted by Crippen LogP contribution is -2.40. The van der Waals surface area contributed by atoms with Gasteiger partial charge in [0.1, 0.15) is 5.82 Å². The van der Waals surface area contributed by atoms with Gasteiger partial charge in [-0.1, -0.05) is 18.2 Å². The smallest absolute Gasteiger partial charge is 0.308 e. The minimum absolute atomic E-state index is 0.0347. The van der Waals surface area contributed by atoms with Gasteiger partial charge in [-0.05, 0) is 25.1 Å². The number of benzene rings is 1. The molecule has 2 aromatic heterocycles. The van der Waals surface area contributed by atoms with Gasteiger partial charge in [-0.25, -0.2) is 15.0 Å². The minimum atomic E-state index is -3.95. The first-order chi connectivity index (χ1) is 13.4. The van der Waals surface area contributed by atoms with Crippen LogP contribution in [0.5, 0.6) is 0 Å². The molecule has 10 heteroatoms. The Morgan fingerprint density at radius 1 is 1.18 bits per heavy atom. The van der Waals surface area contributed by atoms with E-state index in [4.69, 9.17) is 4.74 Å². The fourth-order valence-corrected chi connectivity index (χ4v) is 3.76. The van der Waals surface area contributed by atoms with Crippen LogP contribution in [0.3, 0.4) is 0 Å². The quantitative estimate of drug-likeness (QED) is 0.577. The number of nitrogens with zero attached hydrogens (tertiary/aromatic N) is 5. The zero-order chi connectivity index (χ0) is 20.1. The Hall–Kier alpha value is -2.82. The number of anilines is 2. The van der Waals surface area contributed by atoms with Crippen LogP contribution < -0.4 is 9.03 Å². The minimum Gasteiger partial charge on any atom is -0.383 e. The summed E-state index contributed by atoms with van der Waals surface area (Å²) in [6, 6.07) is 10.4. The highest BCUT2D eigenvalue weighted by molar-refractivity contribution is 7.91. The summed E-state index contributed by atoms with van der Waals surface area (Å²) in [7, 11) is -0.571. The predicted octanol–water partition coefficient (Wildman–Crippen LogP) is 1.80. The number of hydrogen-bond donors (Lipinski definition) is 1. The summed E-state index contributed by atoms with van der Waals surface area (Å²) >= 11 is 0. The Morgan fingerprint density at radius 3 is 2.57 bits per heavy atom. The molecule has 0 aliphatic rings. The molecule has 9 nitrogen and oxygen atoms in total. The summed E-state index contributed by atoms with van der Waals surface area (Å²) in [6.45, 7) is 2.26. The van der Waals surface area contributed by atoms with Gasteiger partial charge in [0, 0.05) is 26.9 Å². The van der Waals surface area contributed by atoms with Gasteiger partial charge in [-0.3, -0.25) is 0 Å². The summed E-state index contributed by atoms with van der Waals surface area (Å²) in [4.78, 5) is 13.0.